The summed E-state index contributed by atoms with van der Waals surface area (Å²) in [6, 6.07) is 9.65. The molecule has 228 valence electrons. The number of fused-ring (bicyclic) bond motifs is 1. The second-order valence-electron chi connectivity index (χ2n) is 10.2. The van der Waals surface area contributed by atoms with Gasteiger partial charge in [0.05, 0.1) is 35.2 Å². The summed E-state index contributed by atoms with van der Waals surface area (Å²) >= 11 is 0. The smallest absolute Gasteiger partial charge is 0.406 e. The Balaban J connectivity index is 1.78. The molecule has 2 aromatic carbocycles. The van der Waals surface area contributed by atoms with Gasteiger partial charge in [-0.05, 0) is 50.9 Å². The van der Waals surface area contributed by atoms with Gasteiger partial charge in [-0.15, -0.1) is 0 Å². The van der Waals surface area contributed by atoms with Crippen LogP contribution < -0.4 is 26.0 Å². The normalized spacial score (nSPS) is 11.6. The van der Waals surface area contributed by atoms with E-state index in [1.54, 1.807) is 31.2 Å². The summed E-state index contributed by atoms with van der Waals surface area (Å²) in [4.78, 5) is 38.2. The molecular formula is C29H33F3N8O3. The first-order chi connectivity index (χ1) is 20.3. The Morgan fingerprint density at radius 3 is 2.49 bits per heavy atom. The van der Waals surface area contributed by atoms with E-state index in [1.807, 2.05) is 30.9 Å². The molecule has 4 aromatic rings. The Morgan fingerprint density at radius 2 is 1.84 bits per heavy atom. The summed E-state index contributed by atoms with van der Waals surface area (Å²) in [5, 5.41) is 5.86. The highest BCUT2D eigenvalue weighted by molar-refractivity contribution is 6.02. The van der Waals surface area contributed by atoms with Gasteiger partial charge in [-0.25, -0.2) is 14.3 Å². The Morgan fingerprint density at radius 1 is 1.09 bits per heavy atom. The third kappa shape index (κ3) is 7.15. The highest BCUT2D eigenvalue weighted by Crippen LogP contribution is 2.38. The van der Waals surface area contributed by atoms with E-state index in [4.69, 9.17) is 4.74 Å². The lowest BCUT2D eigenvalue weighted by Gasteiger charge is -2.26. The molecule has 1 amide bonds. The molecule has 14 heteroatoms. The van der Waals surface area contributed by atoms with E-state index in [0.29, 0.717) is 39.5 Å². The highest BCUT2D eigenvalue weighted by Gasteiger charge is 2.31. The maximum absolute atomic E-state index is 13.4. The fourth-order valence-corrected chi connectivity index (χ4v) is 4.48. The summed E-state index contributed by atoms with van der Waals surface area (Å²) in [5.74, 6) is 0.103. The minimum atomic E-state index is -4.60. The predicted molar refractivity (Wildman–Crippen MR) is 161 cm³/mol. The second kappa shape index (κ2) is 12.6. The maximum Gasteiger partial charge on any atom is 0.406 e. The number of hydrogen-bond donors (Lipinski definition) is 2. The minimum absolute atomic E-state index is 0.0428. The number of ether oxygens (including phenoxy) is 1. The first kappa shape index (κ1) is 31.1. The molecule has 0 unspecified atom stereocenters. The maximum atomic E-state index is 13.4. The third-order valence-corrected chi connectivity index (χ3v) is 6.59. The summed E-state index contributed by atoms with van der Waals surface area (Å²) in [5.41, 5.74) is 1.76. The van der Waals surface area contributed by atoms with Crippen LogP contribution in [0, 0.1) is 6.92 Å². The molecule has 0 bridgehead atoms. The quantitative estimate of drug-likeness (QED) is 0.246. The molecule has 4 rings (SSSR count). The van der Waals surface area contributed by atoms with Crippen LogP contribution in [0.2, 0.25) is 0 Å². The molecule has 0 aliphatic heterocycles. The van der Waals surface area contributed by atoms with E-state index < -0.39 is 24.3 Å². The number of imidazole rings is 1. The van der Waals surface area contributed by atoms with Gasteiger partial charge in [0.25, 0.3) is 0 Å². The van der Waals surface area contributed by atoms with Crippen molar-refractivity contribution in [3.8, 4) is 11.6 Å². The van der Waals surface area contributed by atoms with Crippen molar-refractivity contribution in [1.29, 1.82) is 0 Å². The number of nitrogens with one attached hydrogen (secondary N) is 2. The molecule has 0 aliphatic rings. The fraction of sp³-hybridized carbons (Fsp3) is 0.310. The molecule has 2 N–H and O–H groups in total. The van der Waals surface area contributed by atoms with E-state index in [9.17, 15) is 22.8 Å². The number of amides is 1. The van der Waals surface area contributed by atoms with Crippen molar-refractivity contribution in [2.75, 3.05) is 56.9 Å². The van der Waals surface area contributed by atoms with Crippen molar-refractivity contribution >= 4 is 40.0 Å². The predicted octanol–water partition coefficient (Wildman–Crippen LogP) is 4.33. The van der Waals surface area contributed by atoms with Gasteiger partial charge in [-0.2, -0.15) is 18.2 Å². The monoisotopic (exact) mass is 598 g/mol. The molecule has 0 spiro atoms. The van der Waals surface area contributed by atoms with Gasteiger partial charge in [0.2, 0.25) is 11.9 Å². The summed E-state index contributed by atoms with van der Waals surface area (Å²) in [6.07, 6.45) is -2.07. The minimum Gasteiger partial charge on any atom is -0.494 e. The number of benzene rings is 2. The third-order valence-electron chi connectivity index (χ3n) is 6.59. The van der Waals surface area contributed by atoms with Crippen molar-refractivity contribution in [2.24, 2.45) is 0 Å². The number of hydrogen-bond acceptors (Lipinski definition) is 8. The first-order valence-electron chi connectivity index (χ1n) is 13.2. The fourth-order valence-electron chi connectivity index (χ4n) is 4.48. The molecule has 11 nitrogen and oxygen atoms in total. The average molecular weight is 599 g/mol. The number of rotatable bonds is 11. The van der Waals surface area contributed by atoms with Gasteiger partial charge in [-0.1, -0.05) is 12.6 Å². The summed E-state index contributed by atoms with van der Waals surface area (Å²) in [6.45, 7) is 5.22. The number of aromatic nitrogens is 4. The number of carbonyl (C=O) groups is 1. The van der Waals surface area contributed by atoms with Gasteiger partial charge < -0.3 is 25.2 Å². The zero-order valence-corrected chi connectivity index (χ0v) is 24.5. The molecule has 0 fully saturated rings. The van der Waals surface area contributed by atoms with Crippen molar-refractivity contribution in [3.05, 3.63) is 71.3 Å². The Labute approximate surface area is 246 Å². The van der Waals surface area contributed by atoms with Crippen LogP contribution in [0.15, 0.2) is 60.0 Å². The number of carbonyl (C=O) groups excluding carboxylic acids is 1. The molecule has 0 atom stereocenters. The van der Waals surface area contributed by atoms with Crippen LogP contribution in [0.1, 0.15) is 5.56 Å². The number of halogens is 3. The van der Waals surface area contributed by atoms with Gasteiger partial charge in [0.15, 0.2) is 0 Å². The number of aryl methyl sites for hydroxylation is 1. The topological polar surface area (TPSA) is 110 Å². The van der Waals surface area contributed by atoms with Crippen LogP contribution in [0.3, 0.4) is 0 Å². The average Bonchev–Trinajstić information content (AvgIpc) is 3.20. The van der Waals surface area contributed by atoms with Crippen LogP contribution in [0.4, 0.5) is 36.2 Å². The Hall–Kier alpha value is -4.85. The lowest BCUT2D eigenvalue weighted by Crippen LogP contribution is -2.29. The van der Waals surface area contributed by atoms with Crippen molar-refractivity contribution in [3.63, 3.8) is 0 Å². The first-order valence-corrected chi connectivity index (χ1v) is 13.2. The zero-order chi connectivity index (χ0) is 31.5. The molecule has 43 heavy (non-hydrogen) atoms. The second-order valence-corrected chi connectivity index (χ2v) is 10.2. The lowest BCUT2D eigenvalue weighted by atomic mass is 10.2. The summed E-state index contributed by atoms with van der Waals surface area (Å²) < 4.78 is 47.5. The Kier molecular flexibility index (Phi) is 9.09. The molecular weight excluding hydrogens is 565 g/mol. The van der Waals surface area contributed by atoms with Crippen molar-refractivity contribution < 1.29 is 22.7 Å². The molecule has 0 radical (unpaired) electrons. The number of likely N-dealkylation sites (N-methyl/N-ethyl adjacent to an activating group) is 2. The van der Waals surface area contributed by atoms with Crippen LogP contribution in [0.5, 0.6) is 5.75 Å². The van der Waals surface area contributed by atoms with E-state index in [0.717, 1.165) is 17.2 Å². The molecule has 0 aliphatic carbocycles. The molecule has 0 saturated heterocycles. The van der Waals surface area contributed by atoms with Crippen LogP contribution >= 0.6 is 0 Å². The van der Waals surface area contributed by atoms with E-state index in [2.05, 4.69) is 27.2 Å². The van der Waals surface area contributed by atoms with E-state index in [1.165, 1.54) is 25.4 Å². The van der Waals surface area contributed by atoms with E-state index in [-0.39, 0.29) is 22.8 Å². The molecule has 2 aromatic heterocycles. The van der Waals surface area contributed by atoms with Crippen LogP contribution in [-0.4, -0.2) is 77.4 Å². The number of methoxy groups -OCH3 is 1. The van der Waals surface area contributed by atoms with Gasteiger partial charge >= 0.3 is 11.9 Å². The standard InChI is InChI=1S/C29H33F3N8O3/c1-7-26(41)34-19-15-20(24(43-6)16-22(19)38(5)13-12-37(3)4)35-27-33-11-10-25(36-27)40-21-9-8-18(2)14-23(21)39(28(40)42)17-29(30,31)32/h7-11,14-16H,1,12-13,17H2,2-6H3,(H,34,41)(H,33,35,36). The largest absolute Gasteiger partial charge is 0.494 e. The zero-order valence-electron chi connectivity index (χ0n) is 24.5. The van der Waals surface area contributed by atoms with Gasteiger partial charge in [-0.3, -0.25) is 9.36 Å². The number of nitrogens with zero attached hydrogens (tertiary/aromatic N) is 6. The van der Waals surface area contributed by atoms with Crippen molar-refractivity contribution in [1.82, 2.24) is 24.0 Å². The number of anilines is 4. The summed E-state index contributed by atoms with van der Waals surface area (Å²) in [7, 11) is 7.29. The van der Waals surface area contributed by atoms with Crippen LogP contribution in [0.25, 0.3) is 16.9 Å². The number of alkyl halides is 3. The lowest BCUT2D eigenvalue weighted by molar-refractivity contribution is -0.140. The molecule has 0 saturated carbocycles. The molecule has 2 heterocycles. The van der Waals surface area contributed by atoms with Crippen molar-refractivity contribution in [2.45, 2.75) is 19.6 Å². The van der Waals surface area contributed by atoms with Gasteiger partial charge in [0.1, 0.15) is 18.1 Å². The van der Waals surface area contributed by atoms with Crippen LogP contribution in [-0.2, 0) is 11.3 Å². The van der Waals surface area contributed by atoms with Gasteiger partial charge in [0, 0.05) is 38.5 Å². The Bertz CT molecular complexity index is 1710. The van der Waals surface area contributed by atoms with E-state index >= 15 is 0 Å². The highest BCUT2D eigenvalue weighted by atomic mass is 19.4. The SMILES string of the molecule is C=CC(=O)Nc1cc(Nc2nccc(-n3c(=O)n(CC(F)(F)F)c4cc(C)ccc43)n2)c(OC)cc1N(C)CCN(C)C.